The van der Waals surface area contributed by atoms with Gasteiger partial charge in [0, 0.05) is 32.0 Å². The van der Waals surface area contributed by atoms with Crippen molar-refractivity contribution in [3.05, 3.63) is 12.4 Å². The van der Waals surface area contributed by atoms with Crippen LogP contribution < -0.4 is 0 Å². The van der Waals surface area contributed by atoms with Crippen LogP contribution in [-0.2, 0) is 11.3 Å². The van der Waals surface area contributed by atoms with Gasteiger partial charge >= 0.3 is 0 Å². The lowest BCUT2D eigenvalue weighted by Gasteiger charge is -2.23. The second-order valence-electron chi connectivity index (χ2n) is 5.00. The number of thioether (sulfide) groups is 1. The molecule has 1 fully saturated rings. The van der Waals surface area contributed by atoms with Crippen LogP contribution in [0.1, 0.15) is 39.5 Å². The number of amides is 1. The lowest BCUT2D eigenvalue weighted by atomic mass is 10.2. The molecule has 0 bridgehead atoms. The van der Waals surface area contributed by atoms with E-state index in [0.29, 0.717) is 0 Å². The van der Waals surface area contributed by atoms with Crippen LogP contribution in [0.4, 0.5) is 0 Å². The van der Waals surface area contributed by atoms with Crippen molar-refractivity contribution in [2.24, 2.45) is 0 Å². The third kappa shape index (κ3) is 3.75. The summed E-state index contributed by atoms with van der Waals surface area (Å²) in [5.74, 6) is 0.262. The van der Waals surface area contributed by atoms with Gasteiger partial charge in [-0.3, -0.25) is 4.79 Å². The summed E-state index contributed by atoms with van der Waals surface area (Å²) in [7, 11) is 0. The zero-order valence-electron chi connectivity index (χ0n) is 11.8. The van der Waals surface area contributed by atoms with E-state index in [2.05, 4.69) is 16.5 Å². The van der Waals surface area contributed by atoms with Crippen LogP contribution in [-0.4, -0.2) is 38.7 Å². The zero-order chi connectivity index (χ0) is 13.7. The monoisotopic (exact) mass is 281 g/mol. The third-order valence-corrected chi connectivity index (χ3v) is 4.67. The molecule has 0 saturated carbocycles. The van der Waals surface area contributed by atoms with Gasteiger partial charge in [0.1, 0.15) is 0 Å². The topological polar surface area (TPSA) is 38.1 Å². The molecule has 0 aromatic carbocycles. The molecule has 1 saturated heterocycles. The van der Waals surface area contributed by atoms with Crippen LogP contribution in [0.3, 0.4) is 0 Å². The minimum Gasteiger partial charge on any atom is -0.342 e. The van der Waals surface area contributed by atoms with Gasteiger partial charge in [0.2, 0.25) is 5.91 Å². The molecular formula is C14H23N3OS. The van der Waals surface area contributed by atoms with Crippen molar-refractivity contribution in [3.8, 4) is 0 Å². The van der Waals surface area contributed by atoms with Gasteiger partial charge in [0.25, 0.3) is 0 Å². The molecule has 1 aliphatic rings. The molecule has 19 heavy (non-hydrogen) atoms. The third-order valence-electron chi connectivity index (χ3n) is 3.57. The van der Waals surface area contributed by atoms with E-state index in [1.165, 1.54) is 12.8 Å². The Labute approximate surface area is 119 Å². The Morgan fingerprint density at radius 2 is 2.05 bits per heavy atom. The van der Waals surface area contributed by atoms with Crippen LogP contribution in [0, 0.1) is 0 Å². The first-order valence-electron chi connectivity index (χ1n) is 7.19. The first kappa shape index (κ1) is 14.4. The number of aromatic nitrogens is 2. The molecule has 1 unspecified atom stereocenters. The van der Waals surface area contributed by atoms with Crippen LogP contribution in [0.2, 0.25) is 0 Å². The number of imidazole rings is 1. The molecule has 4 nitrogen and oxygen atoms in total. The van der Waals surface area contributed by atoms with Gasteiger partial charge in [-0.25, -0.2) is 4.98 Å². The van der Waals surface area contributed by atoms with E-state index < -0.39 is 0 Å². The number of carbonyl (C=O) groups excluding carboxylic acids is 1. The molecule has 0 N–H and O–H groups in total. The Kier molecular flexibility index (Phi) is 5.31. The molecular weight excluding hydrogens is 258 g/mol. The number of rotatable bonds is 4. The number of carbonyl (C=O) groups is 1. The highest BCUT2D eigenvalue weighted by atomic mass is 32.2. The average Bonchev–Trinajstić information content (AvgIpc) is 2.69. The molecule has 0 radical (unpaired) electrons. The van der Waals surface area contributed by atoms with Crippen molar-refractivity contribution >= 4 is 17.7 Å². The van der Waals surface area contributed by atoms with E-state index in [1.807, 2.05) is 18.0 Å². The summed E-state index contributed by atoms with van der Waals surface area (Å²) in [5.41, 5.74) is 0. The lowest BCUT2D eigenvalue weighted by molar-refractivity contribution is -0.130. The smallest absolute Gasteiger partial charge is 0.235 e. The maximum absolute atomic E-state index is 12.4. The predicted octanol–water partition coefficient (Wildman–Crippen LogP) is 2.79. The fourth-order valence-electron chi connectivity index (χ4n) is 2.41. The molecule has 1 amide bonds. The minimum atomic E-state index is -0.0502. The van der Waals surface area contributed by atoms with Gasteiger partial charge in [-0.2, -0.15) is 0 Å². The molecule has 2 rings (SSSR count). The molecule has 1 aromatic rings. The van der Waals surface area contributed by atoms with Gasteiger partial charge in [-0.1, -0.05) is 24.6 Å². The quantitative estimate of drug-likeness (QED) is 0.797. The maximum atomic E-state index is 12.4. The summed E-state index contributed by atoms with van der Waals surface area (Å²) in [6.07, 6.45) is 8.57. The van der Waals surface area contributed by atoms with Gasteiger partial charge in [0.15, 0.2) is 5.16 Å². The Morgan fingerprint density at radius 1 is 1.37 bits per heavy atom. The highest BCUT2D eigenvalue weighted by Gasteiger charge is 2.23. The summed E-state index contributed by atoms with van der Waals surface area (Å²) < 4.78 is 2.08. The lowest BCUT2D eigenvalue weighted by Crippen LogP contribution is -2.37. The Hall–Kier alpha value is -0.970. The van der Waals surface area contributed by atoms with Crippen LogP contribution in [0.25, 0.3) is 0 Å². The highest BCUT2D eigenvalue weighted by Crippen LogP contribution is 2.24. The zero-order valence-corrected chi connectivity index (χ0v) is 12.7. The van der Waals surface area contributed by atoms with Gasteiger partial charge in [-0.15, -0.1) is 0 Å². The maximum Gasteiger partial charge on any atom is 0.235 e. The molecule has 0 aliphatic carbocycles. The summed E-state index contributed by atoms with van der Waals surface area (Å²) >= 11 is 1.57. The second-order valence-corrected chi connectivity index (χ2v) is 6.30. The van der Waals surface area contributed by atoms with Crippen molar-refractivity contribution in [1.82, 2.24) is 14.5 Å². The standard InChI is InChI=1S/C14H23N3OS/c1-3-16-11-8-15-14(16)19-12(2)13(18)17-9-6-4-5-7-10-17/h8,11-12H,3-7,9-10H2,1-2H3. The number of aryl methyl sites for hydroxylation is 1. The number of hydrogen-bond donors (Lipinski definition) is 0. The van der Waals surface area contributed by atoms with Crippen LogP contribution in [0.15, 0.2) is 17.6 Å². The van der Waals surface area contributed by atoms with Gasteiger partial charge < -0.3 is 9.47 Å². The number of likely N-dealkylation sites (tertiary alicyclic amines) is 1. The SMILES string of the molecule is CCn1ccnc1SC(C)C(=O)N1CCCCCC1. The molecule has 0 spiro atoms. The molecule has 2 heterocycles. The van der Waals surface area contributed by atoms with Crippen molar-refractivity contribution in [2.75, 3.05) is 13.1 Å². The van der Waals surface area contributed by atoms with Crippen molar-refractivity contribution in [2.45, 2.75) is 56.5 Å². The van der Waals surface area contributed by atoms with E-state index in [-0.39, 0.29) is 11.2 Å². The summed E-state index contributed by atoms with van der Waals surface area (Å²) in [6, 6.07) is 0. The summed E-state index contributed by atoms with van der Waals surface area (Å²) in [4.78, 5) is 18.8. The average molecular weight is 281 g/mol. The Morgan fingerprint density at radius 3 is 2.68 bits per heavy atom. The van der Waals surface area contributed by atoms with Crippen molar-refractivity contribution < 1.29 is 4.79 Å². The molecule has 1 atom stereocenters. The molecule has 1 aromatic heterocycles. The van der Waals surface area contributed by atoms with Gasteiger partial charge in [-0.05, 0) is 26.7 Å². The Bertz CT molecular complexity index is 411. The van der Waals surface area contributed by atoms with Gasteiger partial charge in [0.05, 0.1) is 5.25 Å². The predicted molar refractivity (Wildman–Crippen MR) is 78.3 cm³/mol. The molecule has 1 aliphatic heterocycles. The summed E-state index contributed by atoms with van der Waals surface area (Å²) in [6.45, 7) is 6.82. The van der Waals surface area contributed by atoms with E-state index in [0.717, 1.165) is 37.6 Å². The van der Waals surface area contributed by atoms with Crippen molar-refractivity contribution in [3.63, 3.8) is 0 Å². The van der Waals surface area contributed by atoms with E-state index in [4.69, 9.17) is 0 Å². The Balaban J connectivity index is 1.94. The first-order valence-corrected chi connectivity index (χ1v) is 8.07. The molecule has 5 heteroatoms. The van der Waals surface area contributed by atoms with E-state index >= 15 is 0 Å². The fourth-order valence-corrected chi connectivity index (χ4v) is 3.42. The van der Waals surface area contributed by atoms with E-state index in [9.17, 15) is 4.79 Å². The van der Waals surface area contributed by atoms with Crippen molar-refractivity contribution in [1.29, 1.82) is 0 Å². The van der Waals surface area contributed by atoms with Crippen LogP contribution >= 0.6 is 11.8 Å². The minimum absolute atomic E-state index is 0.0502. The largest absolute Gasteiger partial charge is 0.342 e. The highest BCUT2D eigenvalue weighted by molar-refractivity contribution is 8.00. The number of nitrogens with zero attached hydrogens (tertiary/aromatic N) is 3. The summed E-state index contributed by atoms with van der Waals surface area (Å²) in [5, 5.41) is 0.893. The normalized spacial score (nSPS) is 18.1. The van der Waals surface area contributed by atoms with E-state index in [1.54, 1.807) is 18.0 Å². The second kappa shape index (κ2) is 6.98. The fraction of sp³-hybridized carbons (Fsp3) is 0.714. The number of hydrogen-bond acceptors (Lipinski definition) is 3. The van der Waals surface area contributed by atoms with Crippen LogP contribution in [0.5, 0.6) is 0 Å². The first-order chi connectivity index (χ1) is 9.22. The molecule has 106 valence electrons.